The molecule has 1 aromatic rings. The highest BCUT2D eigenvalue weighted by molar-refractivity contribution is 5.91. The number of carbonyl (C=O) groups is 2. The monoisotopic (exact) mass is 207 g/mol. The van der Waals surface area contributed by atoms with Gasteiger partial charge >= 0.3 is 0 Å². The standard InChI is InChI=1S/C10H13N3O2/c1-6(14)8-3-9(4-8)13-5-10(7(2)15)11-12-13/h5,8-9H,3-4H2,1-2H3. The Morgan fingerprint density at radius 3 is 2.53 bits per heavy atom. The van der Waals surface area contributed by atoms with Crippen molar-refractivity contribution in [1.29, 1.82) is 0 Å². The molecule has 5 nitrogen and oxygen atoms in total. The summed E-state index contributed by atoms with van der Waals surface area (Å²) in [6.07, 6.45) is 3.29. The van der Waals surface area contributed by atoms with Crippen LogP contribution in [0.2, 0.25) is 0 Å². The maximum Gasteiger partial charge on any atom is 0.181 e. The van der Waals surface area contributed by atoms with Gasteiger partial charge in [0.05, 0.1) is 12.2 Å². The van der Waals surface area contributed by atoms with Gasteiger partial charge in [-0.1, -0.05) is 5.21 Å². The largest absolute Gasteiger partial charge is 0.300 e. The highest BCUT2D eigenvalue weighted by Crippen LogP contribution is 2.37. The summed E-state index contributed by atoms with van der Waals surface area (Å²) >= 11 is 0. The number of nitrogens with zero attached hydrogens (tertiary/aromatic N) is 3. The van der Waals surface area contributed by atoms with E-state index >= 15 is 0 Å². The van der Waals surface area contributed by atoms with E-state index in [0.717, 1.165) is 12.8 Å². The van der Waals surface area contributed by atoms with E-state index in [2.05, 4.69) is 10.3 Å². The average Bonchev–Trinajstić information content (AvgIpc) is 2.49. The Hall–Kier alpha value is -1.52. The summed E-state index contributed by atoms with van der Waals surface area (Å²) in [6, 6.07) is 0.236. The first-order chi connectivity index (χ1) is 7.08. The van der Waals surface area contributed by atoms with Gasteiger partial charge in [-0.3, -0.25) is 9.59 Å². The third-order valence-electron chi connectivity index (χ3n) is 2.93. The van der Waals surface area contributed by atoms with E-state index in [9.17, 15) is 9.59 Å². The summed E-state index contributed by atoms with van der Waals surface area (Å²) in [6.45, 7) is 3.08. The van der Waals surface area contributed by atoms with Crippen molar-refractivity contribution in [3.8, 4) is 0 Å². The van der Waals surface area contributed by atoms with E-state index in [1.807, 2.05) is 0 Å². The van der Waals surface area contributed by atoms with Gasteiger partial charge in [-0.05, 0) is 19.8 Å². The lowest BCUT2D eigenvalue weighted by Gasteiger charge is -2.32. The Morgan fingerprint density at radius 1 is 1.40 bits per heavy atom. The second-order valence-corrected chi connectivity index (χ2v) is 4.07. The lowest BCUT2D eigenvalue weighted by Crippen LogP contribution is -2.31. The Balaban J connectivity index is 2.01. The Morgan fingerprint density at radius 2 is 2.07 bits per heavy atom. The first kappa shape index (κ1) is 10.0. The Bertz CT molecular complexity index is 405. The average molecular weight is 207 g/mol. The molecule has 0 aliphatic heterocycles. The van der Waals surface area contributed by atoms with Gasteiger partial charge < -0.3 is 0 Å². The molecule has 80 valence electrons. The normalized spacial score (nSPS) is 24.7. The lowest BCUT2D eigenvalue weighted by atomic mass is 9.78. The molecule has 1 aliphatic rings. The van der Waals surface area contributed by atoms with Gasteiger partial charge in [-0.2, -0.15) is 0 Å². The van der Waals surface area contributed by atoms with E-state index < -0.39 is 0 Å². The molecule has 0 aromatic carbocycles. The number of Topliss-reactive ketones (excluding diaryl/α,β-unsaturated/α-hetero) is 2. The fourth-order valence-electron chi connectivity index (χ4n) is 1.75. The summed E-state index contributed by atoms with van der Waals surface area (Å²) in [5, 5.41) is 7.65. The molecule has 0 bridgehead atoms. The molecule has 15 heavy (non-hydrogen) atoms. The van der Waals surface area contributed by atoms with Crippen LogP contribution in [0.25, 0.3) is 0 Å². The zero-order chi connectivity index (χ0) is 11.0. The SMILES string of the molecule is CC(=O)c1cn(C2CC(C(C)=O)C2)nn1. The van der Waals surface area contributed by atoms with Gasteiger partial charge in [0, 0.05) is 12.8 Å². The molecular formula is C10H13N3O2. The van der Waals surface area contributed by atoms with Crippen LogP contribution in [-0.4, -0.2) is 26.6 Å². The van der Waals surface area contributed by atoms with Crippen molar-refractivity contribution in [2.24, 2.45) is 5.92 Å². The smallest absolute Gasteiger partial charge is 0.181 e. The summed E-state index contributed by atoms with van der Waals surface area (Å²) in [4.78, 5) is 22.0. The van der Waals surface area contributed by atoms with Crippen molar-refractivity contribution < 1.29 is 9.59 Å². The summed E-state index contributed by atoms with van der Waals surface area (Å²) < 4.78 is 1.69. The number of ketones is 2. The summed E-state index contributed by atoms with van der Waals surface area (Å²) in [5.41, 5.74) is 0.390. The van der Waals surface area contributed by atoms with Crippen molar-refractivity contribution >= 4 is 11.6 Å². The highest BCUT2D eigenvalue weighted by Gasteiger charge is 2.34. The van der Waals surface area contributed by atoms with E-state index in [0.29, 0.717) is 5.69 Å². The molecule has 0 amide bonds. The molecule has 1 aromatic heterocycles. The maximum atomic E-state index is 11.0. The molecule has 0 N–H and O–H groups in total. The van der Waals surface area contributed by atoms with E-state index in [4.69, 9.17) is 0 Å². The maximum absolute atomic E-state index is 11.0. The van der Waals surface area contributed by atoms with Crippen LogP contribution in [0.5, 0.6) is 0 Å². The topological polar surface area (TPSA) is 64.8 Å². The third kappa shape index (κ3) is 1.82. The minimum Gasteiger partial charge on any atom is -0.300 e. The number of rotatable bonds is 3. The molecule has 1 aliphatic carbocycles. The minimum absolute atomic E-state index is 0.0799. The van der Waals surface area contributed by atoms with Gasteiger partial charge in [-0.25, -0.2) is 4.68 Å². The highest BCUT2D eigenvalue weighted by atomic mass is 16.1. The van der Waals surface area contributed by atoms with Crippen LogP contribution in [0.15, 0.2) is 6.20 Å². The van der Waals surface area contributed by atoms with Crippen LogP contribution in [0.3, 0.4) is 0 Å². The van der Waals surface area contributed by atoms with Crippen molar-refractivity contribution in [2.75, 3.05) is 0 Å². The number of hydrogen-bond donors (Lipinski definition) is 0. The van der Waals surface area contributed by atoms with Gasteiger partial charge in [0.1, 0.15) is 11.5 Å². The van der Waals surface area contributed by atoms with Crippen molar-refractivity contribution in [3.63, 3.8) is 0 Å². The van der Waals surface area contributed by atoms with Gasteiger partial charge in [-0.15, -0.1) is 5.10 Å². The fourth-order valence-corrected chi connectivity index (χ4v) is 1.75. The predicted octanol–water partition coefficient (Wildman–Crippen LogP) is 1.02. The summed E-state index contributed by atoms with van der Waals surface area (Å²) in [5.74, 6) is 0.321. The second kappa shape index (κ2) is 3.56. The van der Waals surface area contributed by atoms with Gasteiger partial charge in [0.15, 0.2) is 5.78 Å². The first-order valence-electron chi connectivity index (χ1n) is 5.01. The second-order valence-electron chi connectivity index (χ2n) is 4.07. The van der Waals surface area contributed by atoms with Crippen molar-refractivity contribution in [3.05, 3.63) is 11.9 Å². The fraction of sp³-hybridized carbons (Fsp3) is 0.600. The molecule has 0 atom stereocenters. The van der Waals surface area contributed by atoms with E-state index in [1.54, 1.807) is 17.8 Å². The van der Waals surface area contributed by atoms with Crippen LogP contribution in [0.4, 0.5) is 0 Å². The zero-order valence-corrected chi connectivity index (χ0v) is 8.80. The molecule has 1 fully saturated rings. The van der Waals surface area contributed by atoms with Gasteiger partial charge in [0.25, 0.3) is 0 Å². The molecule has 5 heteroatoms. The molecule has 2 rings (SSSR count). The van der Waals surface area contributed by atoms with Crippen LogP contribution in [-0.2, 0) is 4.79 Å². The molecule has 0 spiro atoms. The first-order valence-corrected chi connectivity index (χ1v) is 5.01. The molecule has 0 saturated heterocycles. The molecule has 0 unspecified atom stereocenters. The van der Waals surface area contributed by atoms with Crippen LogP contribution in [0, 0.1) is 5.92 Å². The molecule has 1 heterocycles. The van der Waals surface area contributed by atoms with E-state index in [1.165, 1.54) is 6.92 Å². The molecule has 1 saturated carbocycles. The Kier molecular flexibility index (Phi) is 2.38. The third-order valence-corrected chi connectivity index (χ3v) is 2.93. The van der Waals surface area contributed by atoms with Crippen LogP contribution >= 0.6 is 0 Å². The molecular weight excluding hydrogens is 194 g/mol. The van der Waals surface area contributed by atoms with Crippen molar-refractivity contribution in [1.82, 2.24) is 15.0 Å². The van der Waals surface area contributed by atoms with Crippen molar-refractivity contribution in [2.45, 2.75) is 32.7 Å². The Labute approximate surface area is 87.5 Å². The summed E-state index contributed by atoms with van der Waals surface area (Å²) in [7, 11) is 0. The number of hydrogen-bond acceptors (Lipinski definition) is 4. The predicted molar refractivity (Wildman–Crippen MR) is 52.5 cm³/mol. The lowest BCUT2D eigenvalue weighted by molar-refractivity contribution is -0.124. The zero-order valence-electron chi connectivity index (χ0n) is 8.80. The minimum atomic E-state index is -0.0799. The van der Waals surface area contributed by atoms with Crippen LogP contribution in [0.1, 0.15) is 43.2 Å². The number of carbonyl (C=O) groups excluding carboxylic acids is 2. The van der Waals surface area contributed by atoms with Gasteiger partial charge in [0.2, 0.25) is 0 Å². The van der Waals surface area contributed by atoms with Crippen LogP contribution < -0.4 is 0 Å². The quantitative estimate of drug-likeness (QED) is 0.694. The van der Waals surface area contributed by atoms with E-state index in [-0.39, 0.29) is 23.5 Å². The molecule has 0 radical (unpaired) electrons. The number of aromatic nitrogens is 3.